The highest BCUT2D eigenvalue weighted by atomic mass is 79.9. The van der Waals surface area contributed by atoms with Crippen molar-refractivity contribution in [2.24, 2.45) is 0 Å². The maximum atomic E-state index is 12.0. The molecule has 0 saturated carbocycles. The molecule has 0 radical (unpaired) electrons. The maximum absolute atomic E-state index is 12.0. The van der Waals surface area contributed by atoms with Crippen molar-refractivity contribution in [3.05, 3.63) is 59.2 Å². The van der Waals surface area contributed by atoms with Gasteiger partial charge >= 0.3 is 11.9 Å². The van der Waals surface area contributed by atoms with Crippen LogP contribution in [0.3, 0.4) is 0 Å². The minimum atomic E-state index is -1.16. The van der Waals surface area contributed by atoms with Crippen LogP contribution in [0.1, 0.15) is 26.3 Å². The van der Waals surface area contributed by atoms with Crippen LogP contribution in [0.2, 0.25) is 0 Å². The number of hydrogen-bond acceptors (Lipinski definition) is 3. The average molecular weight is 349 g/mol. The van der Waals surface area contributed by atoms with Gasteiger partial charge in [-0.05, 0) is 22.8 Å². The zero-order chi connectivity index (χ0) is 15.4. The molecule has 0 unspecified atom stereocenters. The zero-order valence-corrected chi connectivity index (χ0v) is 12.9. The Hall–Kier alpha value is -2.14. The molecule has 0 bridgehead atoms. The largest absolute Gasteiger partial charge is 0.478 e. The minimum absolute atomic E-state index is 0.0660. The summed E-state index contributed by atoms with van der Waals surface area (Å²) in [6, 6.07) is 12.2. The number of methoxy groups -OCH3 is 1. The second-order valence-electron chi connectivity index (χ2n) is 4.32. The monoisotopic (exact) mass is 348 g/mol. The predicted octanol–water partition coefficient (Wildman–Crippen LogP) is 3.73. The molecule has 4 nitrogen and oxygen atoms in total. The van der Waals surface area contributed by atoms with E-state index in [4.69, 9.17) is 4.74 Å². The molecule has 108 valence electrons. The second-order valence-corrected chi connectivity index (χ2v) is 4.88. The number of carboxylic acid groups (broad SMARTS) is 1. The van der Waals surface area contributed by atoms with Crippen LogP contribution in [-0.4, -0.2) is 24.2 Å². The van der Waals surface area contributed by atoms with Gasteiger partial charge in [0.25, 0.3) is 0 Å². The van der Waals surface area contributed by atoms with Crippen LogP contribution in [0.25, 0.3) is 11.1 Å². The first-order valence-corrected chi connectivity index (χ1v) is 7.31. The van der Waals surface area contributed by atoms with Crippen molar-refractivity contribution in [3.63, 3.8) is 0 Å². The molecule has 0 aliphatic heterocycles. The molecule has 0 spiro atoms. The quantitative estimate of drug-likeness (QED) is 0.675. The molecule has 5 heteroatoms. The minimum Gasteiger partial charge on any atom is -0.478 e. The first kappa shape index (κ1) is 15.3. The van der Waals surface area contributed by atoms with Gasteiger partial charge in [-0.25, -0.2) is 9.59 Å². The van der Waals surface area contributed by atoms with E-state index < -0.39 is 11.9 Å². The molecular weight excluding hydrogens is 336 g/mol. The molecule has 0 aromatic heterocycles. The Labute approximate surface area is 130 Å². The zero-order valence-electron chi connectivity index (χ0n) is 11.3. The molecule has 0 fully saturated rings. The molecule has 2 aromatic rings. The van der Waals surface area contributed by atoms with Gasteiger partial charge in [-0.3, -0.25) is 0 Å². The second kappa shape index (κ2) is 6.54. The summed E-state index contributed by atoms with van der Waals surface area (Å²) >= 11 is 3.40. The van der Waals surface area contributed by atoms with Crippen LogP contribution in [0.15, 0.2) is 42.5 Å². The van der Waals surface area contributed by atoms with Gasteiger partial charge in [0.2, 0.25) is 0 Å². The number of halogens is 1. The van der Waals surface area contributed by atoms with Crippen LogP contribution >= 0.6 is 15.9 Å². The van der Waals surface area contributed by atoms with E-state index in [1.165, 1.54) is 13.2 Å². The lowest BCUT2D eigenvalue weighted by molar-refractivity contribution is 0.0583. The number of carboxylic acids is 1. The highest BCUT2D eigenvalue weighted by molar-refractivity contribution is 9.08. The van der Waals surface area contributed by atoms with Crippen molar-refractivity contribution in [2.75, 3.05) is 7.11 Å². The van der Waals surface area contributed by atoms with Gasteiger partial charge < -0.3 is 9.84 Å². The Morgan fingerprint density at radius 2 is 1.76 bits per heavy atom. The fourth-order valence-electron chi connectivity index (χ4n) is 2.18. The molecule has 0 amide bonds. The van der Waals surface area contributed by atoms with E-state index in [0.29, 0.717) is 10.9 Å². The third-order valence-electron chi connectivity index (χ3n) is 3.14. The van der Waals surface area contributed by atoms with Gasteiger partial charge in [0.1, 0.15) is 0 Å². The summed E-state index contributed by atoms with van der Waals surface area (Å²) in [5.74, 6) is -1.82. The summed E-state index contributed by atoms with van der Waals surface area (Å²) in [4.78, 5) is 23.4. The SMILES string of the molecule is COC(=O)c1c(C(=O)O)cccc1-c1ccccc1CBr. The number of benzene rings is 2. The number of carbonyl (C=O) groups is 2. The fourth-order valence-corrected chi connectivity index (χ4v) is 2.67. The Morgan fingerprint density at radius 1 is 1.10 bits per heavy atom. The lowest BCUT2D eigenvalue weighted by Gasteiger charge is -2.13. The summed E-state index contributed by atoms with van der Waals surface area (Å²) in [6.45, 7) is 0. The lowest BCUT2D eigenvalue weighted by Crippen LogP contribution is -2.12. The van der Waals surface area contributed by atoms with Crippen molar-refractivity contribution in [1.82, 2.24) is 0 Å². The third kappa shape index (κ3) is 2.97. The van der Waals surface area contributed by atoms with E-state index in [-0.39, 0.29) is 11.1 Å². The Morgan fingerprint density at radius 3 is 2.38 bits per heavy atom. The molecule has 0 aliphatic rings. The highest BCUT2D eigenvalue weighted by Crippen LogP contribution is 2.31. The van der Waals surface area contributed by atoms with Gasteiger partial charge in [0.05, 0.1) is 18.2 Å². The number of aromatic carboxylic acids is 1. The van der Waals surface area contributed by atoms with Crippen LogP contribution < -0.4 is 0 Å². The Kier molecular flexibility index (Phi) is 4.75. The smallest absolute Gasteiger partial charge is 0.339 e. The Bertz CT molecular complexity index is 694. The molecule has 2 rings (SSSR count). The fraction of sp³-hybridized carbons (Fsp3) is 0.125. The van der Waals surface area contributed by atoms with E-state index in [9.17, 15) is 14.7 Å². The molecule has 21 heavy (non-hydrogen) atoms. The molecular formula is C16H13BrO4. The van der Waals surface area contributed by atoms with Crippen molar-refractivity contribution < 1.29 is 19.4 Å². The number of rotatable bonds is 4. The maximum Gasteiger partial charge on any atom is 0.339 e. The topological polar surface area (TPSA) is 63.6 Å². The van der Waals surface area contributed by atoms with Crippen molar-refractivity contribution in [2.45, 2.75) is 5.33 Å². The number of carbonyl (C=O) groups excluding carboxylic acids is 1. The van der Waals surface area contributed by atoms with Gasteiger partial charge in [-0.1, -0.05) is 52.3 Å². The third-order valence-corrected chi connectivity index (χ3v) is 3.74. The van der Waals surface area contributed by atoms with Crippen LogP contribution in [-0.2, 0) is 10.1 Å². The standard InChI is InChI=1S/C16H13BrO4/c1-21-16(20)14-12(7-4-8-13(14)15(18)19)11-6-3-2-5-10(11)9-17/h2-8H,9H2,1H3,(H,18,19). The predicted molar refractivity (Wildman–Crippen MR) is 82.8 cm³/mol. The lowest BCUT2D eigenvalue weighted by atomic mass is 9.93. The number of alkyl halides is 1. The average Bonchev–Trinajstić information content (AvgIpc) is 2.53. The number of ether oxygens (including phenoxy) is 1. The Balaban J connectivity index is 2.77. The molecule has 0 heterocycles. The summed E-state index contributed by atoms with van der Waals surface area (Å²) in [7, 11) is 1.24. The summed E-state index contributed by atoms with van der Waals surface area (Å²) in [5.41, 5.74) is 2.32. The molecule has 0 atom stereocenters. The van der Waals surface area contributed by atoms with Crippen molar-refractivity contribution in [1.29, 1.82) is 0 Å². The van der Waals surface area contributed by atoms with Crippen LogP contribution in [0.5, 0.6) is 0 Å². The molecule has 0 saturated heterocycles. The first-order valence-electron chi connectivity index (χ1n) is 6.19. The van der Waals surface area contributed by atoms with Gasteiger partial charge in [-0.15, -0.1) is 0 Å². The summed E-state index contributed by atoms with van der Waals surface area (Å²) in [5, 5.41) is 9.89. The first-order chi connectivity index (χ1) is 10.1. The molecule has 2 aromatic carbocycles. The molecule has 1 N–H and O–H groups in total. The highest BCUT2D eigenvalue weighted by Gasteiger charge is 2.22. The summed E-state index contributed by atoms with van der Waals surface area (Å²) in [6.07, 6.45) is 0. The molecule has 0 aliphatic carbocycles. The van der Waals surface area contributed by atoms with Crippen molar-refractivity contribution in [3.8, 4) is 11.1 Å². The van der Waals surface area contributed by atoms with Crippen molar-refractivity contribution >= 4 is 27.9 Å². The summed E-state index contributed by atoms with van der Waals surface area (Å²) < 4.78 is 4.75. The van der Waals surface area contributed by atoms with E-state index in [2.05, 4.69) is 15.9 Å². The normalized spacial score (nSPS) is 10.2. The van der Waals surface area contributed by atoms with Crippen LogP contribution in [0.4, 0.5) is 0 Å². The van der Waals surface area contributed by atoms with E-state index in [1.54, 1.807) is 12.1 Å². The van der Waals surface area contributed by atoms with Gasteiger partial charge in [0.15, 0.2) is 0 Å². The van der Waals surface area contributed by atoms with E-state index in [0.717, 1.165) is 11.1 Å². The van der Waals surface area contributed by atoms with Crippen LogP contribution in [0, 0.1) is 0 Å². The van der Waals surface area contributed by atoms with Gasteiger partial charge in [0, 0.05) is 5.33 Å². The number of hydrogen-bond donors (Lipinski definition) is 1. The van der Waals surface area contributed by atoms with E-state index in [1.807, 2.05) is 24.3 Å². The van der Waals surface area contributed by atoms with E-state index >= 15 is 0 Å². The number of esters is 1. The van der Waals surface area contributed by atoms with Gasteiger partial charge in [-0.2, -0.15) is 0 Å².